The van der Waals surface area contributed by atoms with E-state index < -0.39 is 30.6 Å². The summed E-state index contributed by atoms with van der Waals surface area (Å²) in [4.78, 5) is 27.3. The lowest BCUT2D eigenvalue weighted by Gasteiger charge is -2.36. The lowest BCUT2D eigenvalue weighted by atomic mass is 9.74. The van der Waals surface area contributed by atoms with E-state index in [1.54, 1.807) is 6.07 Å². The highest BCUT2D eigenvalue weighted by molar-refractivity contribution is 7.41. The number of aromatic nitrogens is 1. The number of pyridine rings is 1. The second-order valence-electron chi connectivity index (χ2n) is 9.59. The summed E-state index contributed by atoms with van der Waals surface area (Å²) in [5.41, 5.74) is -0.353. The molecule has 0 aliphatic rings. The van der Waals surface area contributed by atoms with Gasteiger partial charge in [-0.05, 0) is 46.7 Å². The highest BCUT2D eigenvalue weighted by Crippen LogP contribution is 2.54. The Balaban J connectivity index is 3.11. The lowest BCUT2D eigenvalue weighted by Crippen LogP contribution is -2.53. The largest absolute Gasteiger partial charge is 0.527 e. The molecule has 3 atom stereocenters. The summed E-state index contributed by atoms with van der Waals surface area (Å²) >= 11 is 0. The summed E-state index contributed by atoms with van der Waals surface area (Å²) in [5, 5.41) is 19.5. The third-order valence-electron chi connectivity index (χ3n) is 6.00. The van der Waals surface area contributed by atoms with Crippen molar-refractivity contribution >= 4 is 14.0 Å². The van der Waals surface area contributed by atoms with Crippen molar-refractivity contribution in [3.05, 3.63) is 53.1 Å². The zero-order chi connectivity index (χ0) is 24.6. The molecule has 32 heavy (non-hydrogen) atoms. The summed E-state index contributed by atoms with van der Waals surface area (Å²) in [6, 6.07) is 7.37. The Morgan fingerprint density at radius 1 is 1.16 bits per heavy atom. The lowest BCUT2D eigenvalue weighted by molar-refractivity contribution is -0.149. The van der Waals surface area contributed by atoms with E-state index in [1.807, 2.05) is 34.6 Å². The molecular weight excluding hydrogens is 432 g/mol. The molecule has 6 nitrogen and oxygen atoms in total. The predicted molar refractivity (Wildman–Crippen MR) is 122 cm³/mol. The van der Waals surface area contributed by atoms with Gasteiger partial charge in [-0.1, -0.05) is 53.7 Å². The Kier molecular flexibility index (Phi) is 7.30. The van der Waals surface area contributed by atoms with Gasteiger partial charge in [0.1, 0.15) is 5.82 Å². The number of carboxylic acids is 1. The molecule has 1 aromatic heterocycles. The van der Waals surface area contributed by atoms with E-state index in [0.29, 0.717) is 22.5 Å². The molecule has 0 amide bonds. The number of aliphatic hydroxyl groups is 1. The molecule has 8 heteroatoms. The zero-order valence-corrected chi connectivity index (χ0v) is 20.5. The Morgan fingerprint density at radius 2 is 1.69 bits per heavy atom. The molecule has 2 aromatic rings. The number of halogens is 1. The van der Waals surface area contributed by atoms with Crippen molar-refractivity contribution in [3.63, 3.8) is 0 Å². The van der Waals surface area contributed by atoms with Gasteiger partial charge in [-0.2, -0.15) is 4.89 Å². The van der Waals surface area contributed by atoms with Crippen LogP contribution < -0.4 is 0 Å². The van der Waals surface area contributed by atoms with E-state index in [1.165, 1.54) is 38.1 Å². The van der Waals surface area contributed by atoms with E-state index in [-0.39, 0.29) is 23.3 Å². The number of hydrogen-bond donors (Lipinski definition) is 3. The number of carboxylic acid groups (broad SMARTS) is 1. The second kappa shape index (κ2) is 8.97. The third kappa shape index (κ3) is 4.34. The van der Waals surface area contributed by atoms with Gasteiger partial charge in [0.25, 0.3) is 0 Å². The van der Waals surface area contributed by atoms with Gasteiger partial charge in [0.15, 0.2) is 5.60 Å². The zero-order valence-electron chi connectivity index (χ0n) is 19.6. The van der Waals surface area contributed by atoms with Gasteiger partial charge in [0.05, 0.1) is 5.69 Å². The van der Waals surface area contributed by atoms with Crippen molar-refractivity contribution < 1.29 is 28.9 Å². The van der Waals surface area contributed by atoms with Gasteiger partial charge in [0.2, 0.25) is 0 Å². The minimum absolute atomic E-state index is 0.161. The molecule has 0 fully saturated rings. The Labute approximate surface area is 189 Å². The van der Waals surface area contributed by atoms with Crippen molar-refractivity contribution in [1.29, 1.82) is 0 Å². The fraction of sp³-hybridized carbons (Fsp3) is 0.500. The molecule has 0 aliphatic carbocycles. The van der Waals surface area contributed by atoms with Crippen LogP contribution in [0.5, 0.6) is 0 Å². The van der Waals surface area contributed by atoms with Crippen LogP contribution in [-0.4, -0.2) is 31.2 Å². The van der Waals surface area contributed by atoms with E-state index in [0.717, 1.165) is 0 Å². The van der Waals surface area contributed by atoms with E-state index in [4.69, 9.17) is 4.98 Å². The molecule has 0 saturated carbocycles. The first-order chi connectivity index (χ1) is 14.6. The quantitative estimate of drug-likeness (QED) is 0.468. The first-order valence-corrected chi connectivity index (χ1v) is 11.8. The number of rotatable bonds is 7. The minimum Gasteiger partial charge on any atom is -0.477 e. The van der Waals surface area contributed by atoms with E-state index >= 15 is 0 Å². The van der Waals surface area contributed by atoms with Crippen LogP contribution in [-0.2, 0) is 20.4 Å². The molecule has 3 unspecified atom stereocenters. The minimum atomic E-state index is -3.33. The fourth-order valence-corrected chi connectivity index (χ4v) is 4.97. The normalized spacial score (nSPS) is 16.4. The van der Waals surface area contributed by atoms with E-state index in [2.05, 4.69) is 0 Å². The maximum absolute atomic E-state index is 13.7. The predicted octanol–water partition coefficient (Wildman–Crippen LogP) is 5.48. The van der Waals surface area contributed by atoms with Crippen molar-refractivity contribution in [1.82, 2.24) is 4.98 Å². The summed E-state index contributed by atoms with van der Waals surface area (Å²) in [7, 11) is -3.33. The number of aliphatic carboxylic acids is 1. The highest BCUT2D eigenvalue weighted by atomic mass is 31.1. The van der Waals surface area contributed by atoms with Gasteiger partial charge in [0, 0.05) is 23.1 Å². The van der Waals surface area contributed by atoms with Crippen molar-refractivity contribution in [2.75, 3.05) is 0 Å². The van der Waals surface area contributed by atoms with Gasteiger partial charge in [-0.3, -0.25) is 4.98 Å². The molecule has 2 rings (SSSR count). The highest BCUT2D eigenvalue weighted by Gasteiger charge is 2.69. The molecule has 3 N–H and O–H groups in total. The molecule has 0 spiro atoms. The van der Waals surface area contributed by atoms with Gasteiger partial charge >= 0.3 is 19.2 Å². The summed E-state index contributed by atoms with van der Waals surface area (Å²) < 4.78 is 26.1. The van der Waals surface area contributed by atoms with Crippen molar-refractivity contribution in [3.8, 4) is 11.1 Å². The topological polar surface area (TPSA) is 108 Å². The van der Waals surface area contributed by atoms with E-state index in [9.17, 15) is 28.9 Å². The summed E-state index contributed by atoms with van der Waals surface area (Å²) in [6.45, 7) is 12.3. The number of carbonyl (C=O) groups is 1. The van der Waals surface area contributed by atoms with Crippen LogP contribution in [0.1, 0.15) is 77.8 Å². The van der Waals surface area contributed by atoms with Crippen LogP contribution in [0, 0.1) is 5.82 Å². The number of benzene rings is 1. The Hall–Kier alpha value is -2.21. The molecule has 1 aromatic carbocycles. The Morgan fingerprint density at radius 3 is 2.06 bits per heavy atom. The van der Waals surface area contributed by atoms with Crippen LogP contribution in [0.15, 0.2) is 30.3 Å². The molecule has 174 valence electrons. The molecule has 0 aliphatic heterocycles. The smallest absolute Gasteiger partial charge is 0.477 e. The van der Waals surface area contributed by atoms with Gasteiger partial charge in [-0.25, -0.2) is 9.18 Å². The maximum atomic E-state index is 13.7. The number of nitrogens with zero attached hydrogens (tertiary/aromatic N) is 1. The molecule has 0 saturated heterocycles. The monoisotopic (exact) mass is 464 g/mol. The molecular formula is C24H32FNO5P+. The van der Waals surface area contributed by atoms with Crippen molar-refractivity contribution in [2.45, 2.75) is 77.0 Å². The van der Waals surface area contributed by atoms with Crippen LogP contribution in [0.3, 0.4) is 0 Å². The van der Waals surface area contributed by atoms with Crippen molar-refractivity contribution in [2.24, 2.45) is 0 Å². The average molecular weight is 464 g/mol. The average Bonchev–Trinajstić information content (AvgIpc) is 2.66. The van der Waals surface area contributed by atoms with Crippen LogP contribution in [0.2, 0.25) is 0 Å². The standard InChI is InChI=1S/C24H31FNO5P/c1-8-24(21(27)28,32(30)31)23(7,29)19-17(15-9-11-16(25)12-10-15)13-18(22(4,5)6)26-20(19)14(2)3/h9-14,29H,8H2,1-7H3,(H-,27,28,30,31)/p+1. The van der Waals surface area contributed by atoms with Gasteiger partial charge < -0.3 is 10.2 Å². The van der Waals surface area contributed by atoms with Crippen LogP contribution in [0.4, 0.5) is 4.39 Å². The third-order valence-corrected chi connectivity index (χ3v) is 7.60. The SMILES string of the molecule is CCC(C(=O)O)([P+](=O)O)C(C)(O)c1c(-c2ccc(F)cc2)cc(C(C)(C)C)nc1C(C)C. The fourth-order valence-electron chi connectivity index (χ4n) is 4.05. The van der Waals surface area contributed by atoms with Crippen LogP contribution >= 0.6 is 8.03 Å². The van der Waals surface area contributed by atoms with Crippen LogP contribution in [0.25, 0.3) is 11.1 Å². The Bertz CT molecular complexity index is 1010. The molecule has 0 bridgehead atoms. The number of hydrogen-bond acceptors (Lipinski definition) is 4. The first kappa shape index (κ1) is 26.0. The molecule has 0 radical (unpaired) electrons. The molecule has 1 heterocycles. The summed E-state index contributed by atoms with van der Waals surface area (Å²) in [6.07, 6.45) is -0.289. The second-order valence-corrected chi connectivity index (χ2v) is 10.9. The van der Waals surface area contributed by atoms with Gasteiger partial charge in [-0.15, -0.1) is 0 Å². The first-order valence-electron chi connectivity index (χ1n) is 10.5. The summed E-state index contributed by atoms with van der Waals surface area (Å²) in [5.74, 6) is -2.26. The maximum Gasteiger partial charge on any atom is 0.527 e.